The summed E-state index contributed by atoms with van der Waals surface area (Å²) in [6.07, 6.45) is 3.49. The summed E-state index contributed by atoms with van der Waals surface area (Å²) in [4.78, 5) is 6.43. The zero-order chi connectivity index (χ0) is 11.0. The van der Waals surface area contributed by atoms with E-state index in [0.29, 0.717) is 0 Å². The summed E-state index contributed by atoms with van der Waals surface area (Å²) in [7, 11) is 0. The first-order valence-electron chi connectivity index (χ1n) is 5.68. The van der Waals surface area contributed by atoms with Crippen molar-refractivity contribution in [1.29, 1.82) is 5.26 Å². The lowest BCUT2D eigenvalue weighted by Crippen LogP contribution is -2.26. The predicted molar refractivity (Wildman–Crippen MR) is 61.0 cm³/mol. The van der Waals surface area contributed by atoms with E-state index in [2.05, 4.69) is 21.3 Å². The molecule has 4 heteroatoms. The Bertz CT molecular complexity index is 425. The number of nitriles is 1. The predicted octanol–water partition coefficient (Wildman–Crippen LogP) is 0.609. The molecule has 0 amide bonds. The molecular weight excluding hydrogens is 200 g/mol. The van der Waals surface area contributed by atoms with Crippen LogP contribution in [0.5, 0.6) is 0 Å². The molecule has 0 saturated carbocycles. The Balaban J connectivity index is 1.86. The molecule has 2 aliphatic heterocycles. The van der Waals surface area contributed by atoms with Crippen LogP contribution in [0.1, 0.15) is 5.56 Å². The molecule has 2 saturated heterocycles. The van der Waals surface area contributed by atoms with Gasteiger partial charge in [0.25, 0.3) is 0 Å². The second-order valence-electron chi connectivity index (χ2n) is 4.59. The number of hydrogen-bond acceptors (Lipinski definition) is 4. The SMILES string of the molecule is N#Cc1ccncc1N1CC2CNCC2C1. The van der Waals surface area contributed by atoms with Crippen LogP contribution in [0.25, 0.3) is 0 Å². The molecule has 3 heterocycles. The molecule has 0 radical (unpaired) electrons. The highest BCUT2D eigenvalue weighted by Gasteiger charge is 2.36. The highest BCUT2D eigenvalue weighted by molar-refractivity contribution is 5.58. The van der Waals surface area contributed by atoms with Crippen LogP contribution in [-0.4, -0.2) is 31.2 Å². The van der Waals surface area contributed by atoms with Crippen LogP contribution < -0.4 is 10.2 Å². The van der Waals surface area contributed by atoms with Crippen molar-refractivity contribution in [1.82, 2.24) is 10.3 Å². The molecule has 2 atom stereocenters. The van der Waals surface area contributed by atoms with E-state index < -0.39 is 0 Å². The first-order chi connectivity index (χ1) is 7.88. The summed E-state index contributed by atoms with van der Waals surface area (Å²) < 4.78 is 0. The number of nitrogens with one attached hydrogen (secondary N) is 1. The largest absolute Gasteiger partial charge is 0.369 e. The molecule has 0 aliphatic carbocycles. The van der Waals surface area contributed by atoms with Crippen molar-refractivity contribution < 1.29 is 0 Å². The lowest BCUT2D eigenvalue weighted by atomic mass is 10.0. The van der Waals surface area contributed by atoms with Gasteiger partial charge in [-0.25, -0.2) is 0 Å². The van der Waals surface area contributed by atoms with E-state index in [-0.39, 0.29) is 0 Å². The van der Waals surface area contributed by atoms with Gasteiger partial charge in [0.15, 0.2) is 0 Å². The highest BCUT2D eigenvalue weighted by Crippen LogP contribution is 2.31. The van der Waals surface area contributed by atoms with Gasteiger partial charge >= 0.3 is 0 Å². The molecular formula is C12H14N4. The summed E-state index contributed by atoms with van der Waals surface area (Å²) in [6, 6.07) is 4.03. The molecule has 2 aliphatic rings. The van der Waals surface area contributed by atoms with Gasteiger partial charge in [-0.3, -0.25) is 4.98 Å². The molecule has 0 spiro atoms. The van der Waals surface area contributed by atoms with Gasteiger partial charge in [0.1, 0.15) is 6.07 Å². The third-order valence-corrected chi connectivity index (χ3v) is 3.65. The summed E-state index contributed by atoms with van der Waals surface area (Å²) in [5, 5.41) is 12.5. The Hall–Kier alpha value is -1.60. The van der Waals surface area contributed by atoms with Crippen LogP contribution in [0, 0.1) is 23.2 Å². The van der Waals surface area contributed by atoms with Crippen LogP contribution >= 0.6 is 0 Å². The fourth-order valence-electron chi connectivity index (χ4n) is 2.78. The number of rotatable bonds is 1. The van der Waals surface area contributed by atoms with Crippen LogP contribution in [0.2, 0.25) is 0 Å². The topological polar surface area (TPSA) is 52.0 Å². The number of nitrogens with zero attached hydrogens (tertiary/aromatic N) is 3. The normalized spacial score (nSPS) is 27.8. The zero-order valence-electron chi connectivity index (χ0n) is 9.06. The first kappa shape index (κ1) is 9.61. The summed E-state index contributed by atoms with van der Waals surface area (Å²) in [5.74, 6) is 1.48. The number of fused-ring (bicyclic) bond motifs is 1. The summed E-state index contributed by atoms with van der Waals surface area (Å²) >= 11 is 0. The summed E-state index contributed by atoms with van der Waals surface area (Å²) in [5.41, 5.74) is 1.74. The second kappa shape index (κ2) is 3.76. The standard InChI is InChI=1S/C12H14N4/c13-3-9-1-2-14-6-12(9)16-7-10-4-15-5-11(10)8-16/h1-2,6,10-11,15H,4-5,7-8H2. The maximum absolute atomic E-state index is 9.06. The molecule has 2 fully saturated rings. The van der Waals surface area contributed by atoms with Gasteiger partial charge in [-0.2, -0.15) is 5.26 Å². The van der Waals surface area contributed by atoms with E-state index in [1.807, 2.05) is 6.20 Å². The van der Waals surface area contributed by atoms with Crippen LogP contribution in [-0.2, 0) is 0 Å². The number of hydrogen-bond donors (Lipinski definition) is 1. The highest BCUT2D eigenvalue weighted by atomic mass is 15.2. The average molecular weight is 214 g/mol. The monoisotopic (exact) mass is 214 g/mol. The first-order valence-corrected chi connectivity index (χ1v) is 5.68. The maximum Gasteiger partial charge on any atom is 0.101 e. The minimum atomic E-state index is 0.739. The Labute approximate surface area is 94.9 Å². The van der Waals surface area contributed by atoms with Crippen molar-refractivity contribution >= 4 is 5.69 Å². The fourth-order valence-corrected chi connectivity index (χ4v) is 2.78. The molecule has 1 N–H and O–H groups in total. The Morgan fingerprint density at radius 2 is 2.12 bits per heavy atom. The van der Waals surface area contributed by atoms with Gasteiger partial charge in [0, 0.05) is 32.4 Å². The van der Waals surface area contributed by atoms with Crippen LogP contribution in [0.4, 0.5) is 5.69 Å². The minimum Gasteiger partial charge on any atom is -0.369 e. The minimum absolute atomic E-state index is 0.739. The van der Waals surface area contributed by atoms with Crippen molar-refractivity contribution in [2.75, 3.05) is 31.1 Å². The Morgan fingerprint density at radius 3 is 2.81 bits per heavy atom. The lowest BCUT2D eigenvalue weighted by Gasteiger charge is -2.20. The number of anilines is 1. The molecule has 16 heavy (non-hydrogen) atoms. The third kappa shape index (κ3) is 1.44. The average Bonchev–Trinajstić information content (AvgIpc) is 2.89. The van der Waals surface area contributed by atoms with Crippen LogP contribution in [0.3, 0.4) is 0 Å². The van der Waals surface area contributed by atoms with E-state index in [4.69, 9.17) is 5.26 Å². The van der Waals surface area contributed by atoms with Crippen molar-refractivity contribution in [2.45, 2.75) is 0 Å². The van der Waals surface area contributed by atoms with E-state index in [9.17, 15) is 0 Å². The zero-order valence-corrected chi connectivity index (χ0v) is 9.06. The van der Waals surface area contributed by atoms with Crippen molar-refractivity contribution in [3.05, 3.63) is 24.0 Å². The number of aromatic nitrogens is 1. The Kier molecular flexibility index (Phi) is 2.26. The number of pyridine rings is 1. The van der Waals surface area contributed by atoms with Crippen molar-refractivity contribution in [2.24, 2.45) is 11.8 Å². The molecule has 2 unspecified atom stereocenters. The fraction of sp³-hybridized carbons (Fsp3) is 0.500. The van der Waals surface area contributed by atoms with Gasteiger partial charge < -0.3 is 10.2 Å². The van der Waals surface area contributed by atoms with E-state index in [1.165, 1.54) is 0 Å². The molecule has 0 aromatic carbocycles. The summed E-state index contributed by atoms with van der Waals surface area (Å²) in [6.45, 7) is 4.34. The molecule has 4 nitrogen and oxygen atoms in total. The van der Waals surface area contributed by atoms with Gasteiger partial charge in [-0.05, 0) is 17.9 Å². The quantitative estimate of drug-likeness (QED) is 0.744. The molecule has 0 bridgehead atoms. The Morgan fingerprint density at radius 1 is 1.38 bits per heavy atom. The van der Waals surface area contributed by atoms with E-state index in [1.54, 1.807) is 12.3 Å². The third-order valence-electron chi connectivity index (χ3n) is 3.65. The van der Waals surface area contributed by atoms with E-state index >= 15 is 0 Å². The second-order valence-corrected chi connectivity index (χ2v) is 4.59. The molecule has 82 valence electrons. The smallest absolute Gasteiger partial charge is 0.101 e. The van der Waals surface area contributed by atoms with Gasteiger partial charge in [0.2, 0.25) is 0 Å². The molecule has 1 aromatic heterocycles. The lowest BCUT2D eigenvalue weighted by molar-refractivity contribution is 0.533. The van der Waals surface area contributed by atoms with Gasteiger partial charge in [-0.1, -0.05) is 0 Å². The molecule has 3 rings (SSSR count). The molecule has 1 aromatic rings. The van der Waals surface area contributed by atoms with Crippen LogP contribution in [0.15, 0.2) is 18.5 Å². The van der Waals surface area contributed by atoms with Gasteiger partial charge in [-0.15, -0.1) is 0 Å². The van der Waals surface area contributed by atoms with Crippen molar-refractivity contribution in [3.63, 3.8) is 0 Å². The van der Waals surface area contributed by atoms with E-state index in [0.717, 1.165) is 49.3 Å². The van der Waals surface area contributed by atoms with Gasteiger partial charge in [0.05, 0.1) is 17.4 Å². The maximum atomic E-state index is 9.06. The van der Waals surface area contributed by atoms with Crippen molar-refractivity contribution in [3.8, 4) is 6.07 Å².